The van der Waals surface area contributed by atoms with E-state index >= 15 is 0 Å². The first-order chi connectivity index (χ1) is 10.6. The SMILES string of the molecule is CC(C)c1cc2cccnc2nc1C=COS(=O)(=O)C(F)(F)F. The molecular weight excluding hydrogens is 333 g/mol. The summed E-state index contributed by atoms with van der Waals surface area (Å²) >= 11 is 0. The van der Waals surface area contributed by atoms with Gasteiger partial charge in [0.25, 0.3) is 0 Å². The van der Waals surface area contributed by atoms with Crippen LogP contribution in [0.2, 0.25) is 0 Å². The summed E-state index contributed by atoms with van der Waals surface area (Å²) in [7, 11) is -5.67. The summed E-state index contributed by atoms with van der Waals surface area (Å²) in [6.45, 7) is 3.76. The molecule has 0 atom stereocenters. The first-order valence-corrected chi connectivity index (χ1v) is 7.94. The third-order valence-corrected chi connectivity index (χ3v) is 3.90. The monoisotopic (exact) mass is 346 g/mol. The van der Waals surface area contributed by atoms with Crippen molar-refractivity contribution in [2.75, 3.05) is 0 Å². The van der Waals surface area contributed by atoms with Gasteiger partial charge in [0.2, 0.25) is 0 Å². The minimum Gasteiger partial charge on any atom is -0.384 e. The molecule has 0 radical (unpaired) electrons. The Hall–Kier alpha value is -2.16. The molecule has 2 heterocycles. The standard InChI is InChI=1S/C14H13F3N2O3S/c1-9(2)11-8-10-4-3-6-18-13(10)19-12(11)5-7-22-23(20,21)14(15,16)17/h3-9H,1-2H3. The van der Waals surface area contributed by atoms with Crippen LogP contribution in [0.5, 0.6) is 0 Å². The van der Waals surface area contributed by atoms with Crippen LogP contribution < -0.4 is 0 Å². The van der Waals surface area contributed by atoms with E-state index in [1.54, 1.807) is 18.2 Å². The average molecular weight is 346 g/mol. The van der Waals surface area contributed by atoms with Crippen LogP contribution in [0.3, 0.4) is 0 Å². The van der Waals surface area contributed by atoms with Gasteiger partial charge in [0.1, 0.15) is 6.26 Å². The Morgan fingerprint density at radius 1 is 1.30 bits per heavy atom. The van der Waals surface area contributed by atoms with Gasteiger partial charge in [-0.15, -0.1) is 0 Å². The van der Waals surface area contributed by atoms with Gasteiger partial charge in [-0.05, 0) is 29.7 Å². The van der Waals surface area contributed by atoms with E-state index in [0.717, 1.165) is 17.0 Å². The van der Waals surface area contributed by atoms with E-state index < -0.39 is 15.6 Å². The van der Waals surface area contributed by atoms with Crippen LogP contribution in [0.25, 0.3) is 17.1 Å². The number of hydrogen-bond donors (Lipinski definition) is 0. The fourth-order valence-electron chi connectivity index (χ4n) is 1.85. The molecular formula is C14H13F3N2O3S. The minimum atomic E-state index is -5.67. The second kappa shape index (κ2) is 6.15. The second-order valence-corrected chi connectivity index (χ2v) is 6.53. The summed E-state index contributed by atoms with van der Waals surface area (Å²) < 4.78 is 62.1. The fraction of sp³-hybridized carbons (Fsp3) is 0.286. The van der Waals surface area contributed by atoms with Crippen molar-refractivity contribution in [2.45, 2.75) is 25.3 Å². The number of halogens is 3. The fourth-order valence-corrected chi connectivity index (χ4v) is 2.16. The topological polar surface area (TPSA) is 69.2 Å². The Morgan fingerprint density at radius 2 is 2.00 bits per heavy atom. The Balaban J connectivity index is 2.39. The van der Waals surface area contributed by atoms with Crippen LogP contribution in [-0.2, 0) is 14.3 Å². The van der Waals surface area contributed by atoms with Crippen molar-refractivity contribution in [2.24, 2.45) is 0 Å². The summed E-state index contributed by atoms with van der Waals surface area (Å²) in [6, 6.07) is 5.35. The zero-order valence-electron chi connectivity index (χ0n) is 12.2. The molecule has 2 rings (SSSR count). The molecule has 0 spiro atoms. The number of fused-ring (bicyclic) bond motifs is 1. The normalized spacial score (nSPS) is 13.1. The van der Waals surface area contributed by atoms with Crippen molar-refractivity contribution in [1.82, 2.24) is 9.97 Å². The van der Waals surface area contributed by atoms with E-state index in [1.807, 2.05) is 13.8 Å². The Labute approximate surface area is 130 Å². The predicted octanol–water partition coefficient (Wildman–Crippen LogP) is 3.59. The van der Waals surface area contributed by atoms with Crippen LogP contribution in [0.4, 0.5) is 13.2 Å². The molecule has 0 saturated heterocycles. The van der Waals surface area contributed by atoms with Gasteiger partial charge >= 0.3 is 15.6 Å². The van der Waals surface area contributed by atoms with E-state index in [4.69, 9.17) is 0 Å². The molecule has 0 aromatic carbocycles. The molecule has 0 aliphatic heterocycles. The zero-order chi connectivity index (χ0) is 17.3. The van der Waals surface area contributed by atoms with Gasteiger partial charge in [0.15, 0.2) is 5.65 Å². The molecule has 0 amide bonds. The quantitative estimate of drug-likeness (QED) is 0.481. The zero-order valence-corrected chi connectivity index (χ0v) is 13.0. The Kier molecular flexibility index (Phi) is 4.60. The highest BCUT2D eigenvalue weighted by atomic mass is 32.2. The number of pyridine rings is 2. The minimum absolute atomic E-state index is 0.0194. The maximum Gasteiger partial charge on any atom is 0.534 e. The number of aromatic nitrogens is 2. The average Bonchev–Trinajstić information content (AvgIpc) is 2.45. The van der Waals surface area contributed by atoms with Crippen molar-refractivity contribution >= 4 is 27.2 Å². The number of nitrogens with zero attached hydrogens (tertiary/aromatic N) is 2. The van der Waals surface area contributed by atoms with Crippen LogP contribution in [0, 0.1) is 0 Å². The van der Waals surface area contributed by atoms with Crippen LogP contribution >= 0.6 is 0 Å². The molecule has 9 heteroatoms. The van der Waals surface area contributed by atoms with Gasteiger partial charge in [-0.1, -0.05) is 13.8 Å². The molecule has 0 unspecified atom stereocenters. The Bertz CT molecular complexity index is 846. The van der Waals surface area contributed by atoms with E-state index in [-0.39, 0.29) is 5.92 Å². The smallest absolute Gasteiger partial charge is 0.384 e. The first kappa shape index (κ1) is 17.2. The molecule has 0 saturated carbocycles. The van der Waals surface area contributed by atoms with Crippen molar-refractivity contribution in [3.8, 4) is 0 Å². The summed E-state index contributed by atoms with van der Waals surface area (Å²) in [5.41, 5.74) is -4.05. The van der Waals surface area contributed by atoms with Crippen LogP contribution in [-0.4, -0.2) is 23.9 Å². The van der Waals surface area contributed by atoms with E-state index in [0.29, 0.717) is 17.6 Å². The summed E-state index contributed by atoms with van der Waals surface area (Å²) in [5, 5.41) is 0.775. The molecule has 5 nitrogen and oxygen atoms in total. The van der Waals surface area contributed by atoms with E-state index in [9.17, 15) is 21.6 Å². The molecule has 23 heavy (non-hydrogen) atoms. The molecule has 0 bridgehead atoms. The van der Waals surface area contributed by atoms with Crippen molar-refractivity contribution in [3.63, 3.8) is 0 Å². The molecule has 2 aromatic rings. The highest BCUT2D eigenvalue weighted by Gasteiger charge is 2.47. The van der Waals surface area contributed by atoms with Crippen molar-refractivity contribution in [1.29, 1.82) is 0 Å². The Morgan fingerprint density at radius 3 is 2.61 bits per heavy atom. The largest absolute Gasteiger partial charge is 0.534 e. The first-order valence-electron chi connectivity index (χ1n) is 6.53. The van der Waals surface area contributed by atoms with Gasteiger partial charge in [0.05, 0.1) is 5.69 Å². The van der Waals surface area contributed by atoms with E-state index in [2.05, 4.69) is 14.2 Å². The molecule has 124 valence electrons. The third-order valence-electron chi connectivity index (χ3n) is 2.96. The number of rotatable bonds is 4. The second-order valence-electron chi connectivity index (χ2n) is 4.97. The molecule has 0 aliphatic carbocycles. The maximum absolute atomic E-state index is 12.2. The molecule has 2 aromatic heterocycles. The lowest BCUT2D eigenvalue weighted by atomic mass is 10.00. The summed E-state index contributed by atoms with van der Waals surface area (Å²) in [6.07, 6.45) is 3.07. The van der Waals surface area contributed by atoms with Gasteiger partial charge in [-0.2, -0.15) is 21.6 Å². The van der Waals surface area contributed by atoms with Crippen LogP contribution in [0.1, 0.15) is 31.0 Å². The lowest BCUT2D eigenvalue weighted by Crippen LogP contribution is -2.23. The van der Waals surface area contributed by atoms with Crippen LogP contribution in [0.15, 0.2) is 30.7 Å². The summed E-state index contributed by atoms with van der Waals surface area (Å²) in [4.78, 5) is 8.28. The van der Waals surface area contributed by atoms with Gasteiger partial charge in [-0.25, -0.2) is 9.97 Å². The maximum atomic E-state index is 12.2. The lowest BCUT2D eigenvalue weighted by molar-refractivity contribution is -0.0514. The molecule has 0 fully saturated rings. The lowest BCUT2D eigenvalue weighted by Gasteiger charge is -2.11. The third kappa shape index (κ3) is 3.79. The van der Waals surface area contributed by atoms with Gasteiger partial charge in [-0.3, -0.25) is 0 Å². The van der Waals surface area contributed by atoms with Gasteiger partial charge < -0.3 is 4.18 Å². The van der Waals surface area contributed by atoms with Crippen molar-refractivity contribution in [3.05, 3.63) is 41.9 Å². The number of alkyl halides is 3. The predicted molar refractivity (Wildman–Crippen MR) is 78.7 cm³/mol. The highest BCUT2D eigenvalue weighted by Crippen LogP contribution is 2.26. The van der Waals surface area contributed by atoms with Gasteiger partial charge in [0, 0.05) is 17.7 Å². The highest BCUT2D eigenvalue weighted by molar-refractivity contribution is 7.87. The summed E-state index contributed by atoms with van der Waals surface area (Å²) in [5.74, 6) is 0.0194. The molecule has 0 N–H and O–H groups in total. The van der Waals surface area contributed by atoms with Crippen molar-refractivity contribution < 1.29 is 25.8 Å². The van der Waals surface area contributed by atoms with E-state index in [1.165, 1.54) is 6.20 Å². The number of hydrogen-bond acceptors (Lipinski definition) is 5. The molecule has 0 aliphatic rings.